The molecule has 1 saturated heterocycles. The molecule has 0 aromatic carbocycles. The first-order valence-electron chi connectivity index (χ1n) is 11.5. The lowest BCUT2D eigenvalue weighted by Crippen LogP contribution is -2.37. The number of carbonyl (C=O) groups excluding carboxylic acids is 1. The lowest BCUT2D eigenvalue weighted by atomic mass is 10.2. The number of rotatable bonds is 12. The van der Waals surface area contributed by atoms with E-state index in [4.69, 9.17) is 15.2 Å². The van der Waals surface area contributed by atoms with Crippen LogP contribution >= 0.6 is 0 Å². The summed E-state index contributed by atoms with van der Waals surface area (Å²) in [6.07, 6.45) is 3.62. The second kappa shape index (κ2) is 12.6. The number of hydrogen-bond acceptors (Lipinski definition) is 12. The van der Waals surface area contributed by atoms with Gasteiger partial charge in [-0.1, -0.05) is 13.3 Å². The van der Waals surface area contributed by atoms with Crippen molar-refractivity contribution in [2.45, 2.75) is 33.2 Å². The molecule has 2 aromatic heterocycles. The van der Waals surface area contributed by atoms with Gasteiger partial charge >= 0.3 is 5.97 Å². The number of pyridine rings is 1. The normalized spacial score (nSPS) is 13.4. The summed E-state index contributed by atoms with van der Waals surface area (Å²) in [5.74, 6) is 0.732. The zero-order valence-corrected chi connectivity index (χ0v) is 19.7. The summed E-state index contributed by atoms with van der Waals surface area (Å²) in [7, 11) is 0. The molecule has 12 nitrogen and oxygen atoms in total. The molecule has 0 spiro atoms. The topological polar surface area (TPSA) is 148 Å². The lowest BCUT2D eigenvalue weighted by molar-refractivity contribution is -0.141. The predicted octanol–water partition coefficient (Wildman–Crippen LogP) is 2.47. The SMILES string of the molecule is CCCCNc1nc(N)c(N=O)c(N(CC(=O)OCC)Cc2ccnc(N3CCOCC3)c2)n1. The maximum atomic E-state index is 12.4. The Bertz CT molecular complexity index is 968. The maximum absolute atomic E-state index is 12.4. The van der Waals surface area contributed by atoms with E-state index in [1.807, 2.05) is 12.1 Å². The van der Waals surface area contributed by atoms with Gasteiger partial charge in [0.25, 0.3) is 0 Å². The summed E-state index contributed by atoms with van der Waals surface area (Å²) >= 11 is 0. The molecule has 0 bridgehead atoms. The van der Waals surface area contributed by atoms with Crippen molar-refractivity contribution in [1.82, 2.24) is 15.0 Å². The molecular weight excluding hydrogens is 440 g/mol. The van der Waals surface area contributed by atoms with Crippen LogP contribution in [0.15, 0.2) is 23.5 Å². The predicted molar refractivity (Wildman–Crippen MR) is 130 cm³/mol. The third kappa shape index (κ3) is 6.73. The van der Waals surface area contributed by atoms with Gasteiger partial charge < -0.3 is 30.3 Å². The number of nitrogens with zero attached hydrogens (tertiary/aromatic N) is 6. The first kappa shape index (κ1) is 25.1. The Kier molecular flexibility index (Phi) is 9.32. The highest BCUT2D eigenvalue weighted by molar-refractivity contribution is 5.80. The summed E-state index contributed by atoms with van der Waals surface area (Å²) < 4.78 is 10.6. The van der Waals surface area contributed by atoms with Crippen LogP contribution in [0.3, 0.4) is 0 Å². The van der Waals surface area contributed by atoms with Crippen molar-refractivity contribution in [3.63, 3.8) is 0 Å². The van der Waals surface area contributed by atoms with Crippen LogP contribution in [0.5, 0.6) is 0 Å². The molecule has 0 unspecified atom stereocenters. The molecule has 2 aromatic rings. The van der Waals surface area contributed by atoms with Crippen molar-refractivity contribution in [2.24, 2.45) is 5.18 Å². The average Bonchev–Trinajstić information content (AvgIpc) is 2.84. The van der Waals surface area contributed by atoms with Crippen molar-refractivity contribution in [3.05, 3.63) is 28.8 Å². The summed E-state index contributed by atoms with van der Waals surface area (Å²) in [6, 6.07) is 3.80. The standard InChI is InChI=1S/C22H32N8O4/c1-3-5-7-25-22-26-20(23)19(28-32)21(27-22)30(15-18(31)34-4-2)14-16-6-8-24-17(13-16)29-9-11-33-12-10-29/h6,8,13H,3-5,7,9-12,14-15H2,1-2H3,(H3,23,25,26,27). The first-order valence-corrected chi connectivity index (χ1v) is 11.5. The fourth-order valence-electron chi connectivity index (χ4n) is 3.54. The van der Waals surface area contributed by atoms with E-state index in [9.17, 15) is 9.70 Å². The number of unbranched alkanes of at least 4 members (excludes halogenated alkanes) is 1. The van der Waals surface area contributed by atoms with Crippen LogP contribution in [0.4, 0.5) is 29.1 Å². The molecule has 0 atom stereocenters. The van der Waals surface area contributed by atoms with Crippen LogP contribution in [-0.2, 0) is 20.8 Å². The van der Waals surface area contributed by atoms with Crippen molar-refractivity contribution in [1.29, 1.82) is 0 Å². The zero-order valence-electron chi connectivity index (χ0n) is 19.7. The number of aromatic nitrogens is 3. The minimum Gasteiger partial charge on any atom is -0.465 e. The number of nitrogens with two attached hydrogens (primary N) is 1. The maximum Gasteiger partial charge on any atom is 0.325 e. The number of carbonyl (C=O) groups is 1. The van der Waals surface area contributed by atoms with E-state index in [1.165, 1.54) is 0 Å². The molecule has 12 heteroatoms. The molecule has 0 saturated carbocycles. The van der Waals surface area contributed by atoms with E-state index >= 15 is 0 Å². The van der Waals surface area contributed by atoms with E-state index in [0.29, 0.717) is 19.8 Å². The Morgan fingerprint density at radius 3 is 2.82 bits per heavy atom. The number of nitrogens with one attached hydrogen (secondary N) is 1. The van der Waals surface area contributed by atoms with Crippen LogP contribution < -0.4 is 20.9 Å². The Morgan fingerprint density at radius 2 is 2.12 bits per heavy atom. The fourth-order valence-corrected chi connectivity index (χ4v) is 3.54. The van der Waals surface area contributed by atoms with E-state index in [2.05, 4.69) is 37.3 Å². The van der Waals surface area contributed by atoms with Crippen molar-refractivity contribution in [2.75, 3.05) is 66.8 Å². The molecule has 1 aliphatic heterocycles. The van der Waals surface area contributed by atoms with Crippen LogP contribution in [-0.4, -0.2) is 66.9 Å². The summed E-state index contributed by atoms with van der Waals surface area (Å²) in [6.45, 7) is 7.58. The van der Waals surface area contributed by atoms with Gasteiger partial charge in [0.15, 0.2) is 17.3 Å². The Hall–Kier alpha value is -3.54. The first-order chi connectivity index (χ1) is 16.5. The number of nitrogen functional groups attached to an aromatic ring is 1. The lowest BCUT2D eigenvalue weighted by Gasteiger charge is -2.29. The highest BCUT2D eigenvalue weighted by Crippen LogP contribution is 2.33. The molecular formula is C22H32N8O4. The van der Waals surface area contributed by atoms with Crippen molar-refractivity contribution in [3.8, 4) is 0 Å². The third-order valence-electron chi connectivity index (χ3n) is 5.24. The van der Waals surface area contributed by atoms with E-state index in [1.54, 1.807) is 18.0 Å². The molecule has 34 heavy (non-hydrogen) atoms. The van der Waals surface area contributed by atoms with Crippen molar-refractivity contribution >= 4 is 35.1 Å². The smallest absolute Gasteiger partial charge is 0.325 e. The highest BCUT2D eigenvalue weighted by atomic mass is 16.5. The summed E-state index contributed by atoms with van der Waals surface area (Å²) in [5.41, 5.74) is 6.78. The second-order valence-corrected chi connectivity index (χ2v) is 7.76. The molecule has 1 aliphatic rings. The second-order valence-electron chi connectivity index (χ2n) is 7.76. The number of esters is 1. The van der Waals surface area contributed by atoms with Gasteiger partial charge in [-0.3, -0.25) is 4.79 Å². The van der Waals surface area contributed by atoms with E-state index in [-0.39, 0.29) is 43.0 Å². The third-order valence-corrected chi connectivity index (χ3v) is 5.24. The van der Waals surface area contributed by atoms with Gasteiger partial charge in [-0.25, -0.2) is 4.98 Å². The Labute approximate surface area is 198 Å². The highest BCUT2D eigenvalue weighted by Gasteiger charge is 2.23. The van der Waals surface area contributed by atoms with Gasteiger partial charge in [-0.2, -0.15) is 9.97 Å². The number of hydrogen-bond donors (Lipinski definition) is 2. The number of anilines is 4. The van der Waals surface area contributed by atoms with Gasteiger partial charge in [0.05, 0.1) is 19.8 Å². The van der Waals surface area contributed by atoms with Gasteiger partial charge in [0, 0.05) is 32.4 Å². The minimum atomic E-state index is -0.459. The molecule has 0 amide bonds. The van der Waals surface area contributed by atoms with Crippen LogP contribution in [0.1, 0.15) is 32.3 Å². The van der Waals surface area contributed by atoms with Gasteiger partial charge in [-0.15, -0.1) is 4.91 Å². The molecule has 3 rings (SSSR count). The van der Waals surface area contributed by atoms with Gasteiger partial charge in [-0.05, 0) is 36.2 Å². The zero-order chi connectivity index (χ0) is 24.3. The molecule has 1 fully saturated rings. The average molecular weight is 473 g/mol. The molecule has 3 heterocycles. The summed E-state index contributed by atoms with van der Waals surface area (Å²) in [4.78, 5) is 40.9. The van der Waals surface area contributed by atoms with Gasteiger partial charge in [0.2, 0.25) is 5.95 Å². The number of morpholine rings is 1. The molecule has 0 radical (unpaired) electrons. The van der Waals surface area contributed by atoms with Crippen LogP contribution in [0.2, 0.25) is 0 Å². The van der Waals surface area contributed by atoms with Crippen LogP contribution in [0, 0.1) is 4.91 Å². The summed E-state index contributed by atoms with van der Waals surface area (Å²) in [5, 5.41) is 6.17. The van der Waals surface area contributed by atoms with Gasteiger partial charge in [0.1, 0.15) is 12.4 Å². The number of ether oxygens (including phenoxy) is 2. The fraction of sp³-hybridized carbons (Fsp3) is 0.545. The van der Waals surface area contributed by atoms with E-state index < -0.39 is 5.97 Å². The molecule has 184 valence electrons. The molecule has 0 aliphatic carbocycles. The Morgan fingerprint density at radius 1 is 1.32 bits per heavy atom. The van der Waals surface area contributed by atoms with E-state index in [0.717, 1.165) is 37.3 Å². The molecule has 3 N–H and O–H groups in total. The monoisotopic (exact) mass is 472 g/mol. The quantitative estimate of drug-likeness (QED) is 0.266. The number of nitroso groups, excluding NO2 is 1. The van der Waals surface area contributed by atoms with Crippen LogP contribution in [0.25, 0.3) is 0 Å². The minimum absolute atomic E-state index is 0.0587. The largest absolute Gasteiger partial charge is 0.465 e. The van der Waals surface area contributed by atoms with Crippen molar-refractivity contribution < 1.29 is 14.3 Å². The Balaban J connectivity index is 1.93.